The third-order valence-corrected chi connectivity index (χ3v) is 5.61. The van der Waals surface area contributed by atoms with Gasteiger partial charge in [-0.15, -0.1) is 0 Å². The van der Waals surface area contributed by atoms with Crippen LogP contribution in [0.15, 0.2) is 48.5 Å². The number of ketones is 1. The molecule has 0 aromatic heterocycles. The average Bonchev–Trinajstić information content (AvgIpc) is 2.77. The number of ether oxygens (including phenoxy) is 1. The van der Waals surface area contributed by atoms with Crippen LogP contribution in [0.3, 0.4) is 0 Å². The number of likely N-dealkylation sites (tertiary alicyclic amines) is 1. The van der Waals surface area contributed by atoms with Crippen LogP contribution in [0.5, 0.6) is 5.75 Å². The second-order valence-electron chi connectivity index (χ2n) is 7.40. The minimum atomic E-state index is -0.231. The highest BCUT2D eigenvalue weighted by atomic mass is 35.5. The van der Waals surface area contributed by atoms with Gasteiger partial charge in [0.25, 0.3) is 5.91 Å². The predicted octanol–water partition coefficient (Wildman–Crippen LogP) is 3.81. The smallest absolute Gasteiger partial charge is 0.262 e. The molecule has 0 bridgehead atoms. The molecule has 6 nitrogen and oxygen atoms in total. The number of hydrogen-bond donors (Lipinski definition) is 1. The highest BCUT2D eigenvalue weighted by Crippen LogP contribution is 2.30. The Morgan fingerprint density at radius 2 is 1.83 bits per heavy atom. The molecule has 1 N–H and O–H groups in total. The maximum atomic E-state index is 12.9. The Morgan fingerprint density at radius 3 is 2.57 bits per heavy atom. The van der Waals surface area contributed by atoms with Gasteiger partial charge >= 0.3 is 0 Å². The van der Waals surface area contributed by atoms with E-state index in [2.05, 4.69) is 5.32 Å². The summed E-state index contributed by atoms with van der Waals surface area (Å²) in [5, 5.41) is 3.38. The summed E-state index contributed by atoms with van der Waals surface area (Å²) < 4.78 is 5.34. The number of rotatable bonds is 4. The number of piperidine rings is 1. The van der Waals surface area contributed by atoms with Crippen LogP contribution in [0.2, 0.25) is 5.02 Å². The van der Waals surface area contributed by atoms with Crippen molar-refractivity contribution in [2.24, 2.45) is 5.92 Å². The first-order chi connectivity index (χ1) is 14.5. The third-order valence-electron chi connectivity index (χ3n) is 5.36. The van der Waals surface area contributed by atoms with Crippen molar-refractivity contribution in [1.29, 1.82) is 0 Å². The molecule has 2 aromatic carbocycles. The van der Waals surface area contributed by atoms with Crippen LogP contribution >= 0.6 is 11.6 Å². The number of hydrogen-bond acceptors (Lipinski definition) is 4. The Kier molecular flexibility index (Phi) is 5.86. The van der Waals surface area contributed by atoms with E-state index in [1.54, 1.807) is 47.4 Å². The van der Waals surface area contributed by atoms with Gasteiger partial charge in [0.15, 0.2) is 12.4 Å². The molecule has 0 spiro atoms. The van der Waals surface area contributed by atoms with Gasteiger partial charge in [-0.3, -0.25) is 14.4 Å². The summed E-state index contributed by atoms with van der Waals surface area (Å²) in [5.41, 5.74) is 1.98. The summed E-state index contributed by atoms with van der Waals surface area (Å²) in [5.74, 6) is 0.156. The first-order valence-corrected chi connectivity index (χ1v) is 10.2. The normalized spacial score (nSPS) is 16.7. The summed E-state index contributed by atoms with van der Waals surface area (Å²) in [6.45, 7) is 1.05. The van der Waals surface area contributed by atoms with Gasteiger partial charge in [0.05, 0.1) is 5.69 Å². The zero-order valence-electron chi connectivity index (χ0n) is 16.3. The largest absolute Gasteiger partial charge is 0.482 e. The van der Waals surface area contributed by atoms with E-state index in [1.807, 2.05) is 12.1 Å². The zero-order chi connectivity index (χ0) is 21.1. The van der Waals surface area contributed by atoms with Crippen LogP contribution < -0.4 is 10.1 Å². The molecule has 0 radical (unpaired) electrons. The number of nitrogens with one attached hydrogen (secondary N) is 1. The van der Waals surface area contributed by atoms with Crippen molar-refractivity contribution in [2.45, 2.75) is 12.8 Å². The maximum absolute atomic E-state index is 12.9. The molecule has 1 fully saturated rings. The zero-order valence-corrected chi connectivity index (χ0v) is 17.0. The molecule has 1 saturated heterocycles. The van der Waals surface area contributed by atoms with Crippen LogP contribution in [0, 0.1) is 5.92 Å². The number of Topliss-reactive ketones (excluding diaryl/α,β-unsaturated/α-hetero) is 1. The summed E-state index contributed by atoms with van der Waals surface area (Å²) in [6.07, 6.45) is 4.54. The van der Waals surface area contributed by atoms with Crippen molar-refractivity contribution in [1.82, 2.24) is 4.90 Å². The monoisotopic (exact) mass is 424 g/mol. The van der Waals surface area contributed by atoms with Crippen molar-refractivity contribution < 1.29 is 19.1 Å². The Labute approximate surface area is 179 Å². The van der Waals surface area contributed by atoms with Gasteiger partial charge in [-0.05, 0) is 54.8 Å². The van der Waals surface area contributed by atoms with Crippen molar-refractivity contribution >= 4 is 41.0 Å². The van der Waals surface area contributed by atoms with E-state index in [0.717, 1.165) is 5.56 Å². The van der Waals surface area contributed by atoms with E-state index >= 15 is 0 Å². The molecule has 30 heavy (non-hydrogen) atoms. The molecule has 0 unspecified atom stereocenters. The fourth-order valence-corrected chi connectivity index (χ4v) is 3.81. The molecule has 2 aliphatic rings. The Morgan fingerprint density at radius 1 is 1.10 bits per heavy atom. The van der Waals surface area contributed by atoms with Crippen LogP contribution in [0.1, 0.15) is 28.8 Å². The molecule has 2 amide bonds. The van der Waals surface area contributed by atoms with E-state index in [9.17, 15) is 14.4 Å². The molecular formula is C23H21ClN2O4. The molecule has 2 heterocycles. The summed E-state index contributed by atoms with van der Waals surface area (Å²) in [6, 6.07) is 12.4. The van der Waals surface area contributed by atoms with Gasteiger partial charge in [-0.2, -0.15) is 0 Å². The lowest BCUT2D eigenvalue weighted by molar-refractivity contribution is -0.127. The van der Waals surface area contributed by atoms with E-state index in [0.29, 0.717) is 48.0 Å². The first kappa shape index (κ1) is 20.2. The van der Waals surface area contributed by atoms with Gasteiger partial charge in [-0.1, -0.05) is 23.7 Å². The summed E-state index contributed by atoms with van der Waals surface area (Å²) >= 11 is 5.87. The van der Waals surface area contributed by atoms with E-state index in [4.69, 9.17) is 16.3 Å². The maximum Gasteiger partial charge on any atom is 0.262 e. The van der Waals surface area contributed by atoms with Gasteiger partial charge < -0.3 is 15.0 Å². The number of halogens is 1. The van der Waals surface area contributed by atoms with E-state index < -0.39 is 0 Å². The van der Waals surface area contributed by atoms with Gasteiger partial charge in [0.2, 0.25) is 5.91 Å². The van der Waals surface area contributed by atoms with Crippen molar-refractivity contribution in [3.63, 3.8) is 0 Å². The number of anilines is 1. The second kappa shape index (κ2) is 8.71. The van der Waals surface area contributed by atoms with Gasteiger partial charge in [0.1, 0.15) is 5.75 Å². The molecule has 0 aliphatic carbocycles. The number of nitrogens with zero attached hydrogens (tertiary/aromatic N) is 1. The number of benzene rings is 2. The van der Waals surface area contributed by atoms with Crippen LogP contribution in [-0.2, 0) is 9.59 Å². The molecule has 4 rings (SSSR count). The molecule has 7 heteroatoms. The van der Waals surface area contributed by atoms with Crippen LogP contribution in [0.25, 0.3) is 6.08 Å². The van der Waals surface area contributed by atoms with Gasteiger partial charge in [0, 0.05) is 35.7 Å². The predicted molar refractivity (Wildman–Crippen MR) is 115 cm³/mol. The molecule has 0 saturated carbocycles. The summed E-state index contributed by atoms with van der Waals surface area (Å²) in [4.78, 5) is 38.6. The molecule has 154 valence electrons. The lowest BCUT2D eigenvalue weighted by Gasteiger charge is -2.30. The minimum Gasteiger partial charge on any atom is -0.482 e. The Hall–Kier alpha value is -3.12. The Balaban J connectivity index is 1.34. The fraction of sp³-hybridized carbons (Fsp3) is 0.261. The highest BCUT2D eigenvalue weighted by molar-refractivity contribution is 6.30. The summed E-state index contributed by atoms with van der Waals surface area (Å²) in [7, 11) is 0. The second-order valence-corrected chi connectivity index (χ2v) is 7.83. The molecular weight excluding hydrogens is 404 g/mol. The fourth-order valence-electron chi connectivity index (χ4n) is 3.68. The first-order valence-electron chi connectivity index (χ1n) is 9.83. The average molecular weight is 425 g/mol. The number of carbonyl (C=O) groups excluding carboxylic acids is 3. The number of carbonyl (C=O) groups is 3. The lowest BCUT2D eigenvalue weighted by atomic mass is 9.88. The Bertz CT molecular complexity index is 1010. The topological polar surface area (TPSA) is 75.7 Å². The number of fused-ring (bicyclic) bond motifs is 1. The minimum absolute atomic E-state index is 0.0146. The molecule has 0 atom stereocenters. The number of amides is 2. The van der Waals surface area contributed by atoms with Crippen molar-refractivity contribution in [3.8, 4) is 5.75 Å². The third kappa shape index (κ3) is 4.54. The van der Waals surface area contributed by atoms with E-state index in [1.165, 1.54) is 0 Å². The van der Waals surface area contributed by atoms with Gasteiger partial charge in [-0.25, -0.2) is 0 Å². The highest BCUT2D eigenvalue weighted by Gasteiger charge is 2.28. The van der Waals surface area contributed by atoms with Crippen LogP contribution in [0.4, 0.5) is 5.69 Å². The SMILES string of the molecule is O=C1COc2ccc(C(=O)C3CCN(C(=O)/C=C/c4ccc(Cl)cc4)CC3)cc2N1. The van der Waals surface area contributed by atoms with E-state index in [-0.39, 0.29) is 30.1 Å². The molecule has 2 aliphatic heterocycles. The standard InChI is InChI=1S/C23H21ClN2O4/c24-18-5-1-15(2-6-18)3-8-22(28)26-11-9-16(10-12-26)23(29)17-4-7-20-19(13-17)25-21(27)14-30-20/h1-8,13,16H,9-12,14H2,(H,25,27)/b8-3+. The van der Waals surface area contributed by atoms with Crippen LogP contribution in [-0.4, -0.2) is 42.2 Å². The molecule has 2 aromatic rings. The van der Waals surface area contributed by atoms with Crippen molar-refractivity contribution in [2.75, 3.05) is 25.0 Å². The quantitative estimate of drug-likeness (QED) is 0.598. The van der Waals surface area contributed by atoms with Crippen molar-refractivity contribution in [3.05, 3.63) is 64.7 Å². The lowest BCUT2D eigenvalue weighted by Crippen LogP contribution is -2.39.